The van der Waals surface area contributed by atoms with Gasteiger partial charge in [-0.3, -0.25) is 4.79 Å². The quantitative estimate of drug-likeness (QED) is 0.829. The van der Waals surface area contributed by atoms with Gasteiger partial charge in [0, 0.05) is 11.4 Å². The summed E-state index contributed by atoms with van der Waals surface area (Å²) in [5, 5.41) is 6.69. The number of rotatable bonds is 3. The molecule has 18 heavy (non-hydrogen) atoms. The summed E-state index contributed by atoms with van der Waals surface area (Å²) < 4.78 is 13.5. The van der Waals surface area contributed by atoms with Gasteiger partial charge in [-0.15, -0.1) is 12.6 Å². The first-order valence-electron chi connectivity index (χ1n) is 5.36. The van der Waals surface area contributed by atoms with Crippen molar-refractivity contribution in [3.05, 3.63) is 51.5 Å². The summed E-state index contributed by atoms with van der Waals surface area (Å²) >= 11 is 5.68. The molecule has 0 radical (unpaired) electrons. The molecule has 0 unspecified atom stereocenters. The van der Waals surface area contributed by atoms with Gasteiger partial charge in [0.15, 0.2) is 0 Å². The van der Waals surface area contributed by atoms with Crippen molar-refractivity contribution in [2.24, 2.45) is 0 Å². The summed E-state index contributed by atoms with van der Waals surface area (Å²) in [6.07, 6.45) is 0. The second kappa shape index (κ2) is 5.54. The molecule has 2 aromatic rings. The van der Waals surface area contributed by atoms with Gasteiger partial charge in [-0.05, 0) is 47.0 Å². The van der Waals surface area contributed by atoms with Crippen LogP contribution in [0.1, 0.15) is 21.5 Å². The van der Waals surface area contributed by atoms with Crippen LogP contribution in [0.25, 0.3) is 0 Å². The molecule has 2 nitrogen and oxygen atoms in total. The molecule has 0 spiro atoms. The Morgan fingerprint density at radius 1 is 1.44 bits per heavy atom. The Labute approximate surface area is 114 Å². The van der Waals surface area contributed by atoms with E-state index in [2.05, 4.69) is 17.9 Å². The molecule has 94 valence electrons. The molecule has 1 aromatic heterocycles. The van der Waals surface area contributed by atoms with Crippen LogP contribution in [-0.2, 0) is 6.54 Å². The average molecular weight is 281 g/mol. The molecule has 5 heteroatoms. The minimum absolute atomic E-state index is 0.0235. The maximum Gasteiger partial charge on any atom is 0.254 e. The van der Waals surface area contributed by atoms with Gasteiger partial charge in [0.1, 0.15) is 5.82 Å². The van der Waals surface area contributed by atoms with Crippen molar-refractivity contribution in [3.8, 4) is 0 Å². The summed E-state index contributed by atoms with van der Waals surface area (Å²) in [5.41, 5.74) is 2.20. The van der Waals surface area contributed by atoms with Gasteiger partial charge in [-0.25, -0.2) is 4.39 Å². The normalized spacial score (nSPS) is 10.4. The van der Waals surface area contributed by atoms with Crippen molar-refractivity contribution in [2.75, 3.05) is 0 Å². The Morgan fingerprint density at radius 2 is 2.22 bits per heavy atom. The molecule has 0 aliphatic rings. The fourth-order valence-electron chi connectivity index (χ4n) is 1.53. The molecule has 0 saturated carbocycles. The van der Waals surface area contributed by atoms with E-state index in [-0.39, 0.29) is 5.56 Å². The third kappa shape index (κ3) is 2.91. The minimum Gasteiger partial charge on any atom is -0.348 e. The molecule has 0 atom stereocenters. The molecule has 1 amide bonds. The number of benzene rings is 1. The summed E-state index contributed by atoms with van der Waals surface area (Å²) in [7, 11) is 0. The van der Waals surface area contributed by atoms with Crippen LogP contribution in [0, 0.1) is 12.7 Å². The fourth-order valence-corrected chi connectivity index (χ4v) is 2.59. The first-order valence-corrected chi connectivity index (χ1v) is 6.75. The van der Waals surface area contributed by atoms with Crippen LogP contribution >= 0.6 is 24.0 Å². The van der Waals surface area contributed by atoms with Crippen LogP contribution in [0.15, 0.2) is 33.9 Å². The van der Waals surface area contributed by atoms with Crippen LogP contribution in [0.5, 0.6) is 0 Å². The van der Waals surface area contributed by atoms with E-state index >= 15 is 0 Å². The minimum atomic E-state index is -0.535. The van der Waals surface area contributed by atoms with Crippen LogP contribution < -0.4 is 5.32 Å². The molecule has 1 heterocycles. The van der Waals surface area contributed by atoms with Gasteiger partial charge in [-0.1, -0.05) is 0 Å². The lowest BCUT2D eigenvalue weighted by molar-refractivity contribution is 0.0946. The van der Waals surface area contributed by atoms with E-state index in [1.165, 1.54) is 18.2 Å². The summed E-state index contributed by atoms with van der Waals surface area (Å²) in [6, 6.07) is 4.18. The van der Waals surface area contributed by atoms with Crippen LogP contribution in [0.2, 0.25) is 0 Å². The Balaban J connectivity index is 2.08. The molecule has 0 saturated heterocycles. The van der Waals surface area contributed by atoms with Gasteiger partial charge in [0.25, 0.3) is 5.91 Å². The van der Waals surface area contributed by atoms with Crippen molar-refractivity contribution < 1.29 is 9.18 Å². The predicted molar refractivity (Wildman–Crippen MR) is 73.9 cm³/mol. The van der Waals surface area contributed by atoms with E-state index in [4.69, 9.17) is 0 Å². The second-order valence-electron chi connectivity index (χ2n) is 3.93. The molecule has 0 fully saturated rings. The van der Waals surface area contributed by atoms with E-state index in [1.54, 1.807) is 11.3 Å². The lowest BCUT2D eigenvalue weighted by Gasteiger charge is -2.06. The maximum absolute atomic E-state index is 13.5. The summed E-state index contributed by atoms with van der Waals surface area (Å²) in [6.45, 7) is 2.39. The molecular weight excluding hydrogens is 269 g/mol. The molecular formula is C13H12FNOS2. The van der Waals surface area contributed by atoms with Crippen molar-refractivity contribution in [1.29, 1.82) is 0 Å². The fraction of sp³-hybridized carbons (Fsp3) is 0.154. The zero-order valence-electron chi connectivity index (χ0n) is 9.74. The van der Waals surface area contributed by atoms with Gasteiger partial charge in [-0.2, -0.15) is 11.3 Å². The zero-order valence-corrected chi connectivity index (χ0v) is 11.4. The first-order chi connectivity index (χ1) is 8.58. The van der Waals surface area contributed by atoms with Crippen LogP contribution in [0.3, 0.4) is 0 Å². The molecule has 0 aliphatic heterocycles. The third-order valence-corrected chi connectivity index (χ3v) is 3.78. The van der Waals surface area contributed by atoms with E-state index in [0.717, 1.165) is 11.1 Å². The van der Waals surface area contributed by atoms with Crippen molar-refractivity contribution in [1.82, 2.24) is 5.32 Å². The number of thiol groups is 1. The van der Waals surface area contributed by atoms with E-state index in [1.807, 2.05) is 17.7 Å². The predicted octanol–water partition coefficient (Wildman–Crippen LogP) is 3.41. The molecule has 2 rings (SSSR count). The highest BCUT2D eigenvalue weighted by atomic mass is 32.1. The SMILES string of the molecule is Cc1cscc1CNC(=O)c1cc(S)ccc1F. The molecule has 0 bridgehead atoms. The number of carbonyl (C=O) groups is 1. The highest BCUT2D eigenvalue weighted by Gasteiger charge is 2.12. The highest BCUT2D eigenvalue weighted by molar-refractivity contribution is 7.80. The Morgan fingerprint density at radius 3 is 2.89 bits per heavy atom. The zero-order chi connectivity index (χ0) is 13.1. The second-order valence-corrected chi connectivity index (χ2v) is 5.19. The first kappa shape index (κ1) is 13.1. The topological polar surface area (TPSA) is 29.1 Å². The smallest absolute Gasteiger partial charge is 0.254 e. The van der Waals surface area contributed by atoms with Gasteiger partial charge in [0.05, 0.1) is 5.56 Å². The largest absolute Gasteiger partial charge is 0.348 e. The van der Waals surface area contributed by atoms with Gasteiger partial charge in [0.2, 0.25) is 0 Å². The van der Waals surface area contributed by atoms with Crippen molar-refractivity contribution in [2.45, 2.75) is 18.4 Å². The van der Waals surface area contributed by atoms with Crippen molar-refractivity contribution in [3.63, 3.8) is 0 Å². The van der Waals surface area contributed by atoms with E-state index in [0.29, 0.717) is 11.4 Å². The van der Waals surface area contributed by atoms with E-state index < -0.39 is 11.7 Å². The van der Waals surface area contributed by atoms with Crippen LogP contribution in [0.4, 0.5) is 4.39 Å². The number of thiophene rings is 1. The van der Waals surface area contributed by atoms with Crippen LogP contribution in [-0.4, -0.2) is 5.91 Å². The average Bonchev–Trinajstić information content (AvgIpc) is 2.75. The number of halogens is 1. The monoisotopic (exact) mass is 281 g/mol. The maximum atomic E-state index is 13.5. The Kier molecular flexibility index (Phi) is 4.04. The lowest BCUT2D eigenvalue weighted by atomic mass is 10.2. The summed E-state index contributed by atoms with van der Waals surface area (Å²) in [4.78, 5) is 12.4. The highest BCUT2D eigenvalue weighted by Crippen LogP contribution is 2.15. The third-order valence-electron chi connectivity index (χ3n) is 2.60. The number of carbonyl (C=O) groups excluding carboxylic acids is 1. The molecule has 1 aromatic carbocycles. The number of hydrogen-bond acceptors (Lipinski definition) is 3. The Bertz CT molecular complexity index is 580. The van der Waals surface area contributed by atoms with E-state index in [9.17, 15) is 9.18 Å². The standard InChI is InChI=1S/C13H12FNOS2/c1-8-6-18-7-9(8)5-15-13(16)11-4-10(17)2-3-12(11)14/h2-4,6-7,17H,5H2,1H3,(H,15,16). The number of hydrogen-bond donors (Lipinski definition) is 2. The summed E-state index contributed by atoms with van der Waals surface area (Å²) in [5.74, 6) is -0.957. The number of nitrogens with one attached hydrogen (secondary N) is 1. The number of aryl methyl sites for hydroxylation is 1. The van der Waals surface area contributed by atoms with Gasteiger partial charge < -0.3 is 5.32 Å². The Hall–Kier alpha value is -1.33. The molecule has 1 N–H and O–H groups in total. The lowest BCUT2D eigenvalue weighted by Crippen LogP contribution is -2.23. The van der Waals surface area contributed by atoms with Gasteiger partial charge >= 0.3 is 0 Å². The number of amides is 1. The molecule has 0 aliphatic carbocycles. The van der Waals surface area contributed by atoms with Crippen molar-refractivity contribution >= 4 is 29.9 Å².